The lowest BCUT2D eigenvalue weighted by Gasteiger charge is -2.19. The number of hydrogen-bond donors (Lipinski definition) is 1. The zero-order valence-corrected chi connectivity index (χ0v) is 9.46. The topological polar surface area (TPSA) is 53.4 Å². The van der Waals surface area contributed by atoms with Crippen LogP contribution in [0.15, 0.2) is 10.9 Å². The SMILES string of the molecule is CC1(C(=O)O)CCN(Cc2cscn2)C1. The van der Waals surface area contributed by atoms with E-state index in [0.717, 1.165) is 25.2 Å². The highest BCUT2D eigenvalue weighted by molar-refractivity contribution is 7.07. The Bertz CT molecular complexity index is 352. The first kappa shape index (κ1) is 10.6. The molecule has 4 nitrogen and oxygen atoms in total. The van der Waals surface area contributed by atoms with Gasteiger partial charge in [0.05, 0.1) is 16.6 Å². The third kappa shape index (κ3) is 2.18. The summed E-state index contributed by atoms with van der Waals surface area (Å²) in [6, 6.07) is 0. The Hall–Kier alpha value is -0.940. The van der Waals surface area contributed by atoms with Crippen molar-refractivity contribution < 1.29 is 9.90 Å². The molecule has 1 aliphatic rings. The maximum Gasteiger partial charge on any atom is 0.310 e. The van der Waals surface area contributed by atoms with E-state index < -0.39 is 11.4 Å². The number of aliphatic carboxylic acids is 1. The Morgan fingerprint density at radius 1 is 1.80 bits per heavy atom. The summed E-state index contributed by atoms with van der Waals surface area (Å²) < 4.78 is 0. The minimum atomic E-state index is -0.691. The van der Waals surface area contributed by atoms with Gasteiger partial charge >= 0.3 is 5.97 Å². The first-order chi connectivity index (χ1) is 7.10. The van der Waals surface area contributed by atoms with Crippen molar-refractivity contribution >= 4 is 17.3 Å². The van der Waals surface area contributed by atoms with E-state index in [1.54, 1.807) is 11.3 Å². The second kappa shape index (κ2) is 3.90. The third-order valence-electron chi connectivity index (χ3n) is 2.94. The molecule has 5 heteroatoms. The average molecular weight is 226 g/mol. The minimum Gasteiger partial charge on any atom is -0.481 e. The summed E-state index contributed by atoms with van der Waals surface area (Å²) in [7, 11) is 0. The van der Waals surface area contributed by atoms with Crippen LogP contribution in [0.1, 0.15) is 19.0 Å². The van der Waals surface area contributed by atoms with E-state index in [1.165, 1.54) is 0 Å². The van der Waals surface area contributed by atoms with Crippen LogP contribution in [0.2, 0.25) is 0 Å². The molecule has 2 rings (SSSR count). The van der Waals surface area contributed by atoms with E-state index in [4.69, 9.17) is 5.11 Å². The normalized spacial score (nSPS) is 27.0. The molecule has 0 amide bonds. The second-order valence-corrected chi connectivity index (χ2v) is 5.02. The molecule has 1 aromatic rings. The van der Waals surface area contributed by atoms with Gasteiger partial charge in [0.2, 0.25) is 0 Å². The van der Waals surface area contributed by atoms with E-state index in [9.17, 15) is 4.79 Å². The lowest BCUT2D eigenvalue weighted by Crippen LogP contribution is -2.31. The van der Waals surface area contributed by atoms with Gasteiger partial charge in [-0.1, -0.05) is 0 Å². The summed E-state index contributed by atoms with van der Waals surface area (Å²) in [6.45, 7) is 4.06. The highest BCUT2D eigenvalue weighted by atomic mass is 32.1. The van der Waals surface area contributed by atoms with Gasteiger partial charge in [0, 0.05) is 18.5 Å². The van der Waals surface area contributed by atoms with Crippen molar-refractivity contribution in [1.82, 2.24) is 9.88 Å². The summed E-state index contributed by atoms with van der Waals surface area (Å²) in [4.78, 5) is 17.4. The molecule has 1 atom stereocenters. The minimum absolute atomic E-state index is 0.573. The van der Waals surface area contributed by atoms with Gasteiger partial charge in [-0.15, -0.1) is 11.3 Å². The molecular weight excluding hydrogens is 212 g/mol. The van der Waals surface area contributed by atoms with Crippen molar-refractivity contribution in [3.8, 4) is 0 Å². The van der Waals surface area contributed by atoms with E-state index in [1.807, 2.05) is 17.8 Å². The summed E-state index contributed by atoms with van der Waals surface area (Å²) >= 11 is 1.58. The van der Waals surface area contributed by atoms with Crippen molar-refractivity contribution in [1.29, 1.82) is 0 Å². The molecule has 0 spiro atoms. The van der Waals surface area contributed by atoms with E-state index in [0.29, 0.717) is 6.54 Å². The molecular formula is C10H14N2O2S. The number of carbonyl (C=O) groups is 1. The number of likely N-dealkylation sites (tertiary alicyclic amines) is 1. The lowest BCUT2D eigenvalue weighted by molar-refractivity contribution is -0.147. The number of nitrogens with zero attached hydrogens (tertiary/aromatic N) is 2. The van der Waals surface area contributed by atoms with Crippen molar-refractivity contribution in [3.05, 3.63) is 16.6 Å². The molecule has 0 saturated carbocycles. The molecule has 0 bridgehead atoms. The standard InChI is InChI=1S/C10H14N2O2S/c1-10(9(13)14)2-3-12(6-10)4-8-5-15-7-11-8/h5,7H,2-4,6H2,1H3,(H,13,14). The summed E-state index contributed by atoms with van der Waals surface area (Å²) in [5.74, 6) is -0.691. The van der Waals surface area contributed by atoms with Crippen LogP contribution in [0.4, 0.5) is 0 Å². The smallest absolute Gasteiger partial charge is 0.310 e. The first-order valence-corrected chi connectivity index (χ1v) is 5.87. The van der Waals surface area contributed by atoms with Crippen LogP contribution in [-0.4, -0.2) is 34.0 Å². The molecule has 0 radical (unpaired) electrons. The summed E-state index contributed by atoms with van der Waals surface area (Å²) in [5, 5.41) is 11.1. The van der Waals surface area contributed by atoms with E-state index in [2.05, 4.69) is 9.88 Å². The van der Waals surface area contributed by atoms with Crippen molar-refractivity contribution in [2.24, 2.45) is 5.41 Å². The molecule has 15 heavy (non-hydrogen) atoms. The molecule has 1 aliphatic heterocycles. The quantitative estimate of drug-likeness (QED) is 0.847. The van der Waals surface area contributed by atoms with Crippen LogP contribution in [0.5, 0.6) is 0 Å². The van der Waals surface area contributed by atoms with Crippen LogP contribution in [0.3, 0.4) is 0 Å². The fourth-order valence-corrected chi connectivity index (χ4v) is 2.46. The van der Waals surface area contributed by atoms with Crippen LogP contribution < -0.4 is 0 Å². The van der Waals surface area contributed by atoms with Gasteiger partial charge in [-0.05, 0) is 19.9 Å². The van der Waals surface area contributed by atoms with Crippen molar-refractivity contribution in [3.63, 3.8) is 0 Å². The molecule has 1 aromatic heterocycles. The lowest BCUT2D eigenvalue weighted by atomic mass is 9.90. The predicted octanol–water partition coefficient (Wildman–Crippen LogP) is 1.44. The van der Waals surface area contributed by atoms with Crippen LogP contribution in [0, 0.1) is 5.41 Å². The van der Waals surface area contributed by atoms with Gasteiger partial charge < -0.3 is 5.11 Å². The maximum absolute atomic E-state index is 11.0. The monoisotopic (exact) mass is 226 g/mol. The molecule has 1 saturated heterocycles. The van der Waals surface area contributed by atoms with Gasteiger partial charge in [0.25, 0.3) is 0 Å². The average Bonchev–Trinajstić information content (AvgIpc) is 2.77. The third-order valence-corrected chi connectivity index (χ3v) is 3.57. The number of rotatable bonds is 3. The van der Waals surface area contributed by atoms with Gasteiger partial charge in [-0.3, -0.25) is 9.69 Å². The Morgan fingerprint density at radius 3 is 3.13 bits per heavy atom. The Morgan fingerprint density at radius 2 is 2.60 bits per heavy atom. The van der Waals surface area contributed by atoms with Gasteiger partial charge in [-0.25, -0.2) is 4.98 Å². The molecule has 1 unspecified atom stereocenters. The molecule has 82 valence electrons. The second-order valence-electron chi connectivity index (χ2n) is 4.31. The van der Waals surface area contributed by atoms with Crippen molar-refractivity contribution in [2.45, 2.75) is 19.9 Å². The van der Waals surface area contributed by atoms with Crippen molar-refractivity contribution in [2.75, 3.05) is 13.1 Å². The largest absolute Gasteiger partial charge is 0.481 e. The molecule has 0 aliphatic carbocycles. The zero-order valence-electron chi connectivity index (χ0n) is 8.64. The van der Waals surface area contributed by atoms with Gasteiger partial charge in [0.15, 0.2) is 0 Å². The van der Waals surface area contributed by atoms with Gasteiger partial charge in [-0.2, -0.15) is 0 Å². The molecule has 1 N–H and O–H groups in total. The Kier molecular flexibility index (Phi) is 2.75. The maximum atomic E-state index is 11.0. The van der Waals surface area contributed by atoms with E-state index in [-0.39, 0.29) is 0 Å². The fourth-order valence-electron chi connectivity index (χ4n) is 1.91. The molecule has 0 aromatic carbocycles. The van der Waals surface area contributed by atoms with Crippen LogP contribution in [0.25, 0.3) is 0 Å². The van der Waals surface area contributed by atoms with Crippen LogP contribution >= 0.6 is 11.3 Å². The molecule has 2 heterocycles. The Labute approximate surface area is 92.6 Å². The highest BCUT2D eigenvalue weighted by Gasteiger charge is 2.40. The summed E-state index contributed by atoms with van der Waals surface area (Å²) in [5.41, 5.74) is 2.27. The zero-order chi connectivity index (χ0) is 10.9. The number of thiazole rings is 1. The molecule has 1 fully saturated rings. The number of carboxylic acid groups (broad SMARTS) is 1. The summed E-state index contributed by atoms with van der Waals surface area (Å²) in [6.07, 6.45) is 0.729. The fraction of sp³-hybridized carbons (Fsp3) is 0.600. The van der Waals surface area contributed by atoms with E-state index >= 15 is 0 Å². The first-order valence-electron chi connectivity index (χ1n) is 4.93. The number of carboxylic acids is 1. The predicted molar refractivity (Wildman–Crippen MR) is 57.8 cm³/mol. The number of hydrogen-bond acceptors (Lipinski definition) is 4. The van der Waals surface area contributed by atoms with Gasteiger partial charge in [0.1, 0.15) is 0 Å². The number of aromatic nitrogens is 1. The Balaban J connectivity index is 1.96. The van der Waals surface area contributed by atoms with Crippen LogP contribution in [-0.2, 0) is 11.3 Å². The highest BCUT2D eigenvalue weighted by Crippen LogP contribution is 2.30.